The van der Waals surface area contributed by atoms with Crippen LogP contribution in [0.5, 0.6) is 0 Å². The second-order valence-corrected chi connectivity index (χ2v) is 2.97. The molecule has 6 heavy (non-hydrogen) atoms. The standard InChI is InChI=1S/C4H10NS/c1-4(2,6)3-5/h3,6H,5H2,1-2H3. The summed E-state index contributed by atoms with van der Waals surface area (Å²) in [7, 11) is 0. The molecule has 0 aromatic carbocycles. The van der Waals surface area contributed by atoms with Gasteiger partial charge in [0.1, 0.15) is 0 Å². The van der Waals surface area contributed by atoms with Crippen LogP contribution in [-0.4, -0.2) is 4.75 Å². The molecule has 0 aromatic rings. The third kappa shape index (κ3) is 4.31. The van der Waals surface area contributed by atoms with E-state index in [0.29, 0.717) is 0 Å². The van der Waals surface area contributed by atoms with Crippen LogP contribution in [0.15, 0.2) is 0 Å². The minimum absolute atomic E-state index is 0.111. The maximum absolute atomic E-state index is 5.10. The fourth-order valence-electron chi connectivity index (χ4n) is 0. The Morgan fingerprint density at radius 3 is 1.83 bits per heavy atom. The van der Waals surface area contributed by atoms with Gasteiger partial charge in [0.2, 0.25) is 0 Å². The van der Waals surface area contributed by atoms with Gasteiger partial charge < -0.3 is 5.73 Å². The minimum Gasteiger partial charge on any atom is -0.325 e. The predicted octanol–water partition coefficient (Wildman–Crippen LogP) is 0.815. The van der Waals surface area contributed by atoms with Crippen molar-refractivity contribution in [2.75, 3.05) is 0 Å². The van der Waals surface area contributed by atoms with Crippen LogP contribution >= 0.6 is 12.6 Å². The molecule has 0 unspecified atom stereocenters. The van der Waals surface area contributed by atoms with Gasteiger partial charge in [-0.05, 0) is 13.8 Å². The van der Waals surface area contributed by atoms with Gasteiger partial charge in [0.15, 0.2) is 0 Å². The van der Waals surface area contributed by atoms with E-state index in [2.05, 4.69) is 12.6 Å². The van der Waals surface area contributed by atoms with E-state index in [0.717, 1.165) is 0 Å². The Kier molecular flexibility index (Phi) is 1.94. The van der Waals surface area contributed by atoms with Crippen molar-refractivity contribution in [3.63, 3.8) is 0 Å². The first-order chi connectivity index (χ1) is 2.56. The Balaban J connectivity index is 3.17. The molecule has 0 aromatic heterocycles. The molecule has 1 nitrogen and oxygen atoms in total. The van der Waals surface area contributed by atoms with Crippen LogP contribution in [0, 0.1) is 6.54 Å². The van der Waals surface area contributed by atoms with Crippen molar-refractivity contribution in [1.82, 2.24) is 0 Å². The van der Waals surface area contributed by atoms with Gasteiger partial charge in [-0.1, -0.05) is 0 Å². The molecule has 0 amide bonds. The van der Waals surface area contributed by atoms with Gasteiger partial charge in [-0.2, -0.15) is 12.6 Å². The molecule has 37 valence electrons. The van der Waals surface area contributed by atoms with Crippen molar-refractivity contribution in [3.05, 3.63) is 6.54 Å². The van der Waals surface area contributed by atoms with Crippen LogP contribution < -0.4 is 5.73 Å². The Morgan fingerprint density at radius 2 is 1.83 bits per heavy atom. The fourth-order valence-corrected chi connectivity index (χ4v) is 0. The average Bonchev–Trinajstić information content (AvgIpc) is 1.35. The average molecular weight is 104 g/mol. The van der Waals surface area contributed by atoms with Gasteiger partial charge in [-0.15, -0.1) is 0 Å². The van der Waals surface area contributed by atoms with Crippen LogP contribution in [-0.2, 0) is 0 Å². The summed E-state index contributed by atoms with van der Waals surface area (Å²) in [4.78, 5) is 0. The topological polar surface area (TPSA) is 26.0 Å². The number of hydrogen-bond donors (Lipinski definition) is 2. The molecule has 2 N–H and O–H groups in total. The zero-order valence-corrected chi connectivity index (χ0v) is 5.00. The molecular formula is C4H10NS. The van der Waals surface area contributed by atoms with Gasteiger partial charge in [-0.25, -0.2) is 0 Å². The van der Waals surface area contributed by atoms with E-state index in [-0.39, 0.29) is 4.75 Å². The minimum atomic E-state index is -0.111. The second-order valence-electron chi connectivity index (χ2n) is 1.82. The molecule has 0 saturated heterocycles. The SMILES string of the molecule is CC(C)(S)[CH]N. The van der Waals surface area contributed by atoms with E-state index in [1.54, 1.807) is 6.54 Å². The lowest BCUT2D eigenvalue weighted by Gasteiger charge is -2.10. The summed E-state index contributed by atoms with van der Waals surface area (Å²) in [6.45, 7) is 5.41. The van der Waals surface area contributed by atoms with Crippen LogP contribution in [0.25, 0.3) is 0 Å². The summed E-state index contributed by atoms with van der Waals surface area (Å²) in [5, 5.41) is 0. The normalized spacial score (nSPS) is 12.0. The molecule has 0 bridgehead atoms. The summed E-state index contributed by atoms with van der Waals surface area (Å²) in [6, 6.07) is 0. The smallest absolute Gasteiger partial charge is 0.0347 e. The van der Waals surface area contributed by atoms with Crippen LogP contribution in [0.2, 0.25) is 0 Å². The quantitative estimate of drug-likeness (QED) is 0.473. The molecule has 0 rings (SSSR count). The van der Waals surface area contributed by atoms with Crippen LogP contribution in [0.3, 0.4) is 0 Å². The highest BCUT2D eigenvalue weighted by Crippen LogP contribution is 2.10. The zero-order chi connectivity index (χ0) is 5.21. The molecule has 0 aliphatic heterocycles. The van der Waals surface area contributed by atoms with Gasteiger partial charge in [0.25, 0.3) is 0 Å². The van der Waals surface area contributed by atoms with Gasteiger partial charge >= 0.3 is 0 Å². The summed E-state index contributed by atoms with van der Waals surface area (Å²) in [5.41, 5.74) is 5.10. The van der Waals surface area contributed by atoms with Gasteiger partial charge in [0.05, 0.1) is 0 Å². The number of nitrogens with two attached hydrogens (primary N) is 1. The summed E-state index contributed by atoms with van der Waals surface area (Å²) < 4.78 is -0.111. The van der Waals surface area contributed by atoms with Crippen LogP contribution in [0.4, 0.5) is 0 Å². The Bertz CT molecular complexity index is 37.3. The molecule has 2 heteroatoms. The lowest BCUT2D eigenvalue weighted by Crippen LogP contribution is -2.16. The number of rotatable bonds is 1. The number of thiol groups is 1. The molecule has 0 heterocycles. The molecule has 0 fully saturated rings. The first-order valence-electron chi connectivity index (χ1n) is 1.85. The van der Waals surface area contributed by atoms with E-state index in [4.69, 9.17) is 5.73 Å². The van der Waals surface area contributed by atoms with E-state index in [9.17, 15) is 0 Å². The maximum Gasteiger partial charge on any atom is 0.0347 e. The van der Waals surface area contributed by atoms with E-state index in [1.807, 2.05) is 13.8 Å². The predicted molar refractivity (Wildman–Crippen MR) is 31.6 cm³/mol. The Morgan fingerprint density at radius 1 is 1.67 bits per heavy atom. The van der Waals surface area contributed by atoms with Crippen molar-refractivity contribution in [2.45, 2.75) is 18.6 Å². The lowest BCUT2D eigenvalue weighted by atomic mass is 10.2. The first-order valence-corrected chi connectivity index (χ1v) is 2.29. The molecule has 0 atom stereocenters. The van der Waals surface area contributed by atoms with Gasteiger partial charge in [-0.3, -0.25) is 0 Å². The second kappa shape index (κ2) is 1.85. The monoisotopic (exact) mass is 104 g/mol. The van der Waals surface area contributed by atoms with Crippen molar-refractivity contribution in [2.24, 2.45) is 5.73 Å². The molecule has 0 saturated carbocycles. The third-order valence-electron chi connectivity index (χ3n) is 0.408. The maximum atomic E-state index is 5.10. The molecule has 0 aliphatic carbocycles. The van der Waals surface area contributed by atoms with Crippen molar-refractivity contribution in [3.8, 4) is 0 Å². The first kappa shape index (κ1) is 6.31. The van der Waals surface area contributed by atoms with Crippen molar-refractivity contribution in [1.29, 1.82) is 0 Å². The highest BCUT2D eigenvalue weighted by Gasteiger charge is 2.05. The van der Waals surface area contributed by atoms with E-state index in [1.165, 1.54) is 0 Å². The zero-order valence-electron chi connectivity index (χ0n) is 4.10. The fraction of sp³-hybridized carbons (Fsp3) is 0.750. The molecular weight excluding hydrogens is 94.1 g/mol. The Hall–Kier alpha value is 0.310. The molecule has 0 aliphatic rings. The third-order valence-corrected chi connectivity index (χ3v) is 0.557. The van der Waals surface area contributed by atoms with Crippen LogP contribution in [0.1, 0.15) is 13.8 Å². The summed E-state index contributed by atoms with van der Waals surface area (Å²) >= 11 is 4.07. The molecule has 0 spiro atoms. The largest absolute Gasteiger partial charge is 0.325 e. The number of hydrogen-bond acceptors (Lipinski definition) is 2. The van der Waals surface area contributed by atoms with Gasteiger partial charge in [0, 0.05) is 11.3 Å². The van der Waals surface area contributed by atoms with E-state index >= 15 is 0 Å². The summed E-state index contributed by atoms with van der Waals surface area (Å²) in [6.07, 6.45) is 0. The lowest BCUT2D eigenvalue weighted by molar-refractivity contribution is 0.820. The van der Waals surface area contributed by atoms with E-state index < -0.39 is 0 Å². The summed E-state index contributed by atoms with van der Waals surface area (Å²) in [5.74, 6) is 0. The van der Waals surface area contributed by atoms with Crippen molar-refractivity contribution < 1.29 is 0 Å². The van der Waals surface area contributed by atoms with Crippen molar-refractivity contribution >= 4 is 12.6 Å². The highest BCUT2D eigenvalue weighted by atomic mass is 32.1. The highest BCUT2D eigenvalue weighted by molar-refractivity contribution is 7.81. The Labute approximate surface area is 44.3 Å². The molecule has 1 radical (unpaired) electrons.